The van der Waals surface area contributed by atoms with E-state index in [2.05, 4.69) is 20.2 Å². The van der Waals surface area contributed by atoms with Gasteiger partial charge in [0.1, 0.15) is 18.2 Å². The molecule has 1 aromatic heterocycles. The molecular formula is C18H21F2N5O2. The number of nitrogens with one attached hydrogen (secondary N) is 1. The lowest BCUT2D eigenvalue weighted by atomic mass is 10.2. The third-order valence-electron chi connectivity index (χ3n) is 4.24. The number of aromatic nitrogens is 2. The Morgan fingerprint density at radius 3 is 2.70 bits per heavy atom. The molecule has 7 nitrogen and oxygen atoms in total. The minimum Gasteiger partial charge on any atom is -0.487 e. The Morgan fingerprint density at radius 2 is 2.04 bits per heavy atom. The second-order valence-corrected chi connectivity index (χ2v) is 6.15. The highest BCUT2D eigenvalue weighted by atomic mass is 19.3. The molecule has 2 amide bonds. The van der Waals surface area contributed by atoms with Gasteiger partial charge in [-0.15, -0.1) is 0 Å². The average Bonchev–Trinajstić information content (AvgIpc) is 2.69. The van der Waals surface area contributed by atoms with Crippen LogP contribution in [0.1, 0.15) is 5.56 Å². The van der Waals surface area contributed by atoms with Gasteiger partial charge in [-0.3, -0.25) is 4.98 Å². The highest BCUT2D eigenvalue weighted by Crippen LogP contribution is 2.23. The van der Waals surface area contributed by atoms with Gasteiger partial charge in [0.2, 0.25) is 0 Å². The van der Waals surface area contributed by atoms with Crippen molar-refractivity contribution in [2.75, 3.05) is 43.0 Å². The van der Waals surface area contributed by atoms with Crippen molar-refractivity contribution in [1.29, 1.82) is 0 Å². The quantitative estimate of drug-likeness (QED) is 0.868. The molecule has 144 valence electrons. The van der Waals surface area contributed by atoms with Crippen LogP contribution in [0.15, 0.2) is 36.8 Å². The van der Waals surface area contributed by atoms with Gasteiger partial charge in [-0.2, -0.15) is 0 Å². The normalized spacial score (nSPS) is 14.4. The molecule has 1 aliphatic rings. The monoisotopic (exact) mass is 377 g/mol. The van der Waals surface area contributed by atoms with Crippen molar-refractivity contribution >= 4 is 17.5 Å². The number of anilines is 2. The molecule has 0 atom stereocenters. The number of hydrogen-bond donors (Lipinski definition) is 1. The molecule has 27 heavy (non-hydrogen) atoms. The lowest BCUT2D eigenvalue weighted by Gasteiger charge is -2.35. The average molecular weight is 377 g/mol. The summed E-state index contributed by atoms with van der Waals surface area (Å²) in [5.74, 6) is 1.12. The van der Waals surface area contributed by atoms with Crippen LogP contribution in [0.25, 0.3) is 0 Å². The Balaban J connectivity index is 1.56. The SMILES string of the molecule is Cc1ccc(NC(=O)N2CCN(c3cnccn3)CC2)cc1OCC(F)F. The summed E-state index contributed by atoms with van der Waals surface area (Å²) in [7, 11) is 0. The third-order valence-corrected chi connectivity index (χ3v) is 4.24. The molecule has 0 unspecified atom stereocenters. The maximum atomic E-state index is 12.5. The molecule has 3 rings (SSSR count). The molecule has 0 spiro atoms. The number of rotatable bonds is 5. The largest absolute Gasteiger partial charge is 0.487 e. The number of halogens is 2. The van der Waals surface area contributed by atoms with Gasteiger partial charge in [-0.1, -0.05) is 6.07 Å². The molecule has 0 saturated carbocycles. The number of ether oxygens (including phenoxy) is 1. The van der Waals surface area contributed by atoms with Crippen LogP contribution >= 0.6 is 0 Å². The van der Waals surface area contributed by atoms with Crippen LogP contribution in [-0.4, -0.2) is 60.1 Å². The summed E-state index contributed by atoms with van der Waals surface area (Å²) in [6.45, 7) is 3.48. The minimum absolute atomic E-state index is 0.238. The summed E-state index contributed by atoms with van der Waals surface area (Å²) in [6, 6.07) is 4.77. The second kappa shape index (κ2) is 8.61. The van der Waals surface area contributed by atoms with E-state index in [0.717, 1.165) is 11.4 Å². The molecule has 1 saturated heterocycles. The van der Waals surface area contributed by atoms with Gasteiger partial charge in [-0.05, 0) is 18.6 Å². The number of amides is 2. The standard InChI is InChI=1S/C18H21F2N5O2/c1-13-2-3-14(10-15(13)27-12-16(19)20)23-18(26)25-8-6-24(7-9-25)17-11-21-4-5-22-17/h2-5,10-11,16H,6-9,12H2,1H3,(H,23,26). The summed E-state index contributed by atoms with van der Waals surface area (Å²) in [6.07, 6.45) is 2.41. The zero-order valence-corrected chi connectivity index (χ0v) is 14.9. The number of urea groups is 1. The summed E-state index contributed by atoms with van der Waals surface area (Å²) in [5.41, 5.74) is 1.23. The third kappa shape index (κ3) is 5.02. The minimum atomic E-state index is -2.55. The molecule has 1 aliphatic heterocycles. The molecule has 2 heterocycles. The zero-order valence-electron chi connectivity index (χ0n) is 14.9. The number of benzene rings is 1. The van der Waals surface area contributed by atoms with E-state index in [9.17, 15) is 13.6 Å². The van der Waals surface area contributed by atoms with Crippen LogP contribution in [0.3, 0.4) is 0 Å². The van der Waals surface area contributed by atoms with Crippen LogP contribution < -0.4 is 15.0 Å². The van der Waals surface area contributed by atoms with Gasteiger partial charge in [0.15, 0.2) is 0 Å². The number of alkyl halides is 2. The van der Waals surface area contributed by atoms with E-state index in [1.807, 2.05) is 0 Å². The van der Waals surface area contributed by atoms with Crippen molar-refractivity contribution < 1.29 is 18.3 Å². The summed E-state index contributed by atoms with van der Waals surface area (Å²) < 4.78 is 29.8. The van der Waals surface area contributed by atoms with Gasteiger partial charge in [0.05, 0.1) is 6.20 Å². The molecule has 0 bridgehead atoms. The number of carbonyl (C=O) groups excluding carboxylic acids is 1. The summed E-state index contributed by atoms with van der Waals surface area (Å²) in [4.78, 5) is 24.6. The first-order valence-electron chi connectivity index (χ1n) is 8.61. The predicted octanol–water partition coefficient (Wildman–Crippen LogP) is 2.78. The van der Waals surface area contributed by atoms with E-state index in [4.69, 9.17) is 4.74 Å². The number of aryl methyl sites for hydroxylation is 1. The van der Waals surface area contributed by atoms with E-state index in [-0.39, 0.29) is 6.03 Å². The lowest BCUT2D eigenvalue weighted by Crippen LogP contribution is -2.50. The van der Waals surface area contributed by atoms with Crippen LogP contribution in [0.4, 0.5) is 25.1 Å². The topological polar surface area (TPSA) is 70.6 Å². The number of hydrogen-bond acceptors (Lipinski definition) is 5. The Bertz CT molecular complexity index is 768. The van der Waals surface area contributed by atoms with Crippen molar-refractivity contribution in [3.05, 3.63) is 42.4 Å². The molecular weight excluding hydrogens is 356 g/mol. The van der Waals surface area contributed by atoms with E-state index in [1.165, 1.54) is 0 Å². The van der Waals surface area contributed by atoms with E-state index >= 15 is 0 Å². The molecule has 1 aromatic carbocycles. The molecule has 0 radical (unpaired) electrons. The van der Waals surface area contributed by atoms with Crippen molar-refractivity contribution in [3.8, 4) is 5.75 Å². The molecule has 2 aromatic rings. The lowest BCUT2D eigenvalue weighted by molar-refractivity contribution is 0.0816. The van der Waals surface area contributed by atoms with Gasteiger partial charge in [0.25, 0.3) is 6.43 Å². The number of nitrogens with zero attached hydrogens (tertiary/aromatic N) is 4. The zero-order chi connectivity index (χ0) is 19.2. The number of carbonyl (C=O) groups is 1. The first-order chi connectivity index (χ1) is 13.0. The first kappa shape index (κ1) is 18.8. The Morgan fingerprint density at radius 1 is 1.26 bits per heavy atom. The maximum absolute atomic E-state index is 12.5. The summed E-state index contributed by atoms with van der Waals surface area (Å²) >= 11 is 0. The van der Waals surface area contributed by atoms with E-state index < -0.39 is 13.0 Å². The Hall–Kier alpha value is -2.97. The van der Waals surface area contributed by atoms with Crippen molar-refractivity contribution in [3.63, 3.8) is 0 Å². The fourth-order valence-corrected chi connectivity index (χ4v) is 2.78. The highest BCUT2D eigenvalue weighted by molar-refractivity contribution is 5.89. The first-order valence-corrected chi connectivity index (χ1v) is 8.61. The van der Waals surface area contributed by atoms with Gasteiger partial charge < -0.3 is 19.9 Å². The van der Waals surface area contributed by atoms with Crippen molar-refractivity contribution in [1.82, 2.24) is 14.9 Å². The van der Waals surface area contributed by atoms with Crippen LogP contribution in [-0.2, 0) is 0 Å². The predicted molar refractivity (Wildman–Crippen MR) is 97.5 cm³/mol. The van der Waals surface area contributed by atoms with Crippen molar-refractivity contribution in [2.45, 2.75) is 13.3 Å². The Kier molecular flexibility index (Phi) is 6.00. The second-order valence-electron chi connectivity index (χ2n) is 6.15. The summed E-state index contributed by atoms with van der Waals surface area (Å²) in [5, 5.41) is 2.79. The molecule has 0 aliphatic carbocycles. The van der Waals surface area contributed by atoms with Gasteiger partial charge in [-0.25, -0.2) is 18.6 Å². The Labute approximate surface area is 156 Å². The number of piperazine rings is 1. The fraction of sp³-hybridized carbons (Fsp3) is 0.389. The van der Waals surface area contributed by atoms with Gasteiger partial charge in [0, 0.05) is 50.3 Å². The molecule has 1 N–H and O–H groups in total. The van der Waals surface area contributed by atoms with Gasteiger partial charge >= 0.3 is 6.03 Å². The van der Waals surface area contributed by atoms with Crippen LogP contribution in [0.5, 0.6) is 5.75 Å². The smallest absolute Gasteiger partial charge is 0.321 e. The highest BCUT2D eigenvalue weighted by Gasteiger charge is 2.22. The van der Waals surface area contributed by atoms with E-state index in [0.29, 0.717) is 37.6 Å². The van der Waals surface area contributed by atoms with Crippen LogP contribution in [0, 0.1) is 6.92 Å². The van der Waals surface area contributed by atoms with E-state index in [1.54, 1.807) is 48.6 Å². The molecule has 9 heteroatoms. The van der Waals surface area contributed by atoms with Crippen molar-refractivity contribution in [2.24, 2.45) is 0 Å². The fourth-order valence-electron chi connectivity index (χ4n) is 2.78. The maximum Gasteiger partial charge on any atom is 0.321 e. The van der Waals surface area contributed by atoms with Crippen LogP contribution in [0.2, 0.25) is 0 Å². The molecule has 1 fully saturated rings.